The molecule has 0 amide bonds. The van der Waals surface area contributed by atoms with Gasteiger partial charge in [0, 0.05) is 11.6 Å². The van der Waals surface area contributed by atoms with Crippen LogP contribution in [0.4, 0.5) is 0 Å². The van der Waals surface area contributed by atoms with Gasteiger partial charge in [-0.05, 0) is 44.9 Å². The Labute approximate surface area is 110 Å². The van der Waals surface area contributed by atoms with E-state index in [0.717, 1.165) is 30.7 Å². The normalized spacial score (nSPS) is 14.3. The quantitative estimate of drug-likeness (QED) is 0.783. The number of benzene rings is 1. The van der Waals surface area contributed by atoms with Crippen LogP contribution in [0.2, 0.25) is 0 Å². The molecule has 0 fully saturated rings. The number of aliphatic hydroxyl groups excluding tert-OH is 1. The molecule has 2 N–H and O–H groups in total. The Balaban J connectivity index is 2.58. The molecule has 3 heteroatoms. The number of hydrogen-bond donors (Lipinski definition) is 2. The van der Waals surface area contributed by atoms with E-state index in [-0.39, 0.29) is 12.1 Å². The fourth-order valence-corrected chi connectivity index (χ4v) is 1.96. The summed E-state index contributed by atoms with van der Waals surface area (Å²) < 4.78 is 5.41. The van der Waals surface area contributed by atoms with Crippen molar-refractivity contribution in [1.82, 2.24) is 5.32 Å². The lowest BCUT2D eigenvalue weighted by molar-refractivity contribution is 0.158. The lowest BCUT2D eigenvalue weighted by Crippen LogP contribution is -2.23. The summed E-state index contributed by atoms with van der Waals surface area (Å²) in [5.74, 6) is 0.922. The number of aliphatic hydroxyl groups is 1. The highest BCUT2D eigenvalue weighted by Gasteiger charge is 2.11. The van der Waals surface area contributed by atoms with Crippen LogP contribution in [0, 0.1) is 6.92 Å². The molecule has 0 saturated carbocycles. The van der Waals surface area contributed by atoms with E-state index in [1.807, 2.05) is 6.92 Å². The average molecular weight is 251 g/mol. The van der Waals surface area contributed by atoms with E-state index in [9.17, 15) is 5.11 Å². The molecule has 1 aromatic rings. The van der Waals surface area contributed by atoms with Crippen molar-refractivity contribution in [3.63, 3.8) is 0 Å². The van der Waals surface area contributed by atoms with Crippen molar-refractivity contribution >= 4 is 0 Å². The summed E-state index contributed by atoms with van der Waals surface area (Å²) in [6.45, 7) is 6.98. The van der Waals surface area contributed by atoms with Crippen molar-refractivity contribution in [2.75, 3.05) is 13.7 Å². The first-order valence-electron chi connectivity index (χ1n) is 6.64. The summed E-state index contributed by atoms with van der Waals surface area (Å²) in [5.41, 5.74) is 2.36. The lowest BCUT2D eigenvalue weighted by atomic mass is 10.0. The number of hydrogen-bond acceptors (Lipinski definition) is 3. The van der Waals surface area contributed by atoms with Gasteiger partial charge in [-0.3, -0.25) is 0 Å². The SMILES string of the molecule is CCC(O)CCNC(C)c1ccc(C)cc1OC. The summed E-state index contributed by atoms with van der Waals surface area (Å²) in [6, 6.07) is 6.47. The maximum absolute atomic E-state index is 9.51. The van der Waals surface area contributed by atoms with Crippen molar-refractivity contribution in [3.8, 4) is 5.75 Å². The second-order valence-corrected chi connectivity index (χ2v) is 4.77. The van der Waals surface area contributed by atoms with Crippen LogP contribution in [0.3, 0.4) is 0 Å². The molecule has 2 unspecified atom stereocenters. The van der Waals surface area contributed by atoms with Gasteiger partial charge < -0.3 is 15.2 Å². The number of nitrogens with one attached hydrogen (secondary N) is 1. The zero-order valence-corrected chi connectivity index (χ0v) is 11.9. The van der Waals surface area contributed by atoms with E-state index < -0.39 is 0 Å². The lowest BCUT2D eigenvalue weighted by Gasteiger charge is -2.18. The van der Waals surface area contributed by atoms with Crippen LogP contribution < -0.4 is 10.1 Å². The zero-order chi connectivity index (χ0) is 13.5. The van der Waals surface area contributed by atoms with Gasteiger partial charge in [-0.2, -0.15) is 0 Å². The topological polar surface area (TPSA) is 41.5 Å². The van der Waals surface area contributed by atoms with Gasteiger partial charge in [0.15, 0.2) is 0 Å². The molecular formula is C15H25NO2. The molecule has 0 saturated heterocycles. The van der Waals surface area contributed by atoms with Crippen LogP contribution in [0.15, 0.2) is 18.2 Å². The highest BCUT2D eigenvalue weighted by molar-refractivity contribution is 5.38. The Morgan fingerprint density at radius 2 is 2.11 bits per heavy atom. The Kier molecular flexibility index (Phi) is 6.16. The molecule has 0 heterocycles. The van der Waals surface area contributed by atoms with Crippen LogP contribution in [-0.2, 0) is 0 Å². The average Bonchev–Trinajstić information content (AvgIpc) is 2.37. The zero-order valence-electron chi connectivity index (χ0n) is 11.9. The Bertz CT molecular complexity index is 366. The molecule has 2 atom stereocenters. The Morgan fingerprint density at radius 1 is 1.39 bits per heavy atom. The summed E-state index contributed by atoms with van der Waals surface area (Å²) in [4.78, 5) is 0. The monoisotopic (exact) mass is 251 g/mol. The molecule has 18 heavy (non-hydrogen) atoms. The molecule has 102 valence electrons. The Morgan fingerprint density at radius 3 is 2.72 bits per heavy atom. The van der Waals surface area contributed by atoms with E-state index in [0.29, 0.717) is 0 Å². The minimum atomic E-state index is -0.204. The molecule has 1 aromatic carbocycles. The van der Waals surface area contributed by atoms with Crippen molar-refractivity contribution in [2.45, 2.75) is 45.8 Å². The van der Waals surface area contributed by atoms with Gasteiger partial charge in [-0.1, -0.05) is 19.1 Å². The second kappa shape index (κ2) is 7.39. The molecule has 0 aliphatic carbocycles. The molecule has 0 spiro atoms. The predicted molar refractivity (Wildman–Crippen MR) is 75.1 cm³/mol. The number of rotatable bonds is 7. The molecule has 3 nitrogen and oxygen atoms in total. The molecule has 0 aliphatic heterocycles. The third kappa shape index (κ3) is 4.31. The second-order valence-electron chi connectivity index (χ2n) is 4.77. The maximum Gasteiger partial charge on any atom is 0.123 e. The summed E-state index contributed by atoms with van der Waals surface area (Å²) in [7, 11) is 1.70. The molecule has 0 radical (unpaired) electrons. The van der Waals surface area contributed by atoms with E-state index in [4.69, 9.17) is 4.74 Å². The van der Waals surface area contributed by atoms with Gasteiger partial charge in [-0.25, -0.2) is 0 Å². The maximum atomic E-state index is 9.51. The number of aryl methyl sites for hydroxylation is 1. The minimum Gasteiger partial charge on any atom is -0.496 e. The van der Waals surface area contributed by atoms with Gasteiger partial charge >= 0.3 is 0 Å². The summed E-state index contributed by atoms with van der Waals surface area (Å²) in [5, 5.41) is 12.9. The summed E-state index contributed by atoms with van der Waals surface area (Å²) in [6.07, 6.45) is 1.39. The fourth-order valence-electron chi connectivity index (χ4n) is 1.96. The van der Waals surface area contributed by atoms with Crippen LogP contribution in [0.1, 0.15) is 43.9 Å². The predicted octanol–water partition coefficient (Wildman–Crippen LogP) is 2.82. The van der Waals surface area contributed by atoms with Gasteiger partial charge in [0.05, 0.1) is 13.2 Å². The van der Waals surface area contributed by atoms with E-state index in [1.165, 1.54) is 5.56 Å². The molecular weight excluding hydrogens is 226 g/mol. The summed E-state index contributed by atoms with van der Waals surface area (Å²) >= 11 is 0. The Hall–Kier alpha value is -1.06. The van der Waals surface area contributed by atoms with Gasteiger partial charge in [0.1, 0.15) is 5.75 Å². The standard InChI is InChI=1S/C15H25NO2/c1-5-13(17)8-9-16-12(3)14-7-6-11(2)10-15(14)18-4/h6-7,10,12-13,16-17H,5,8-9H2,1-4H3. The smallest absolute Gasteiger partial charge is 0.123 e. The van der Waals surface area contributed by atoms with Crippen LogP contribution in [-0.4, -0.2) is 24.9 Å². The first kappa shape index (κ1) is 15.0. The van der Waals surface area contributed by atoms with Crippen LogP contribution in [0.5, 0.6) is 5.75 Å². The highest BCUT2D eigenvalue weighted by atomic mass is 16.5. The van der Waals surface area contributed by atoms with Crippen LogP contribution in [0.25, 0.3) is 0 Å². The first-order valence-corrected chi connectivity index (χ1v) is 6.64. The number of ether oxygens (including phenoxy) is 1. The van der Waals surface area contributed by atoms with E-state index >= 15 is 0 Å². The van der Waals surface area contributed by atoms with Crippen molar-refractivity contribution in [3.05, 3.63) is 29.3 Å². The highest BCUT2D eigenvalue weighted by Crippen LogP contribution is 2.25. The van der Waals surface area contributed by atoms with Gasteiger partial charge in [0.2, 0.25) is 0 Å². The molecule has 0 aliphatic rings. The van der Waals surface area contributed by atoms with E-state index in [1.54, 1.807) is 7.11 Å². The molecule has 0 aromatic heterocycles. The van der Waals surface area contributed by atoms with Crippen molar-refractivity contribution in [2.24, 2.45) is 0 Å². The molecule has 1 rings (SSSR count). The van der Waals surface area contributed by atoms with Crippen molar-refractivity contribution in [1.29, 1.82) is 0 Å². The fraction of sp³-hybridized carbons (Fsp3) is 0.600. The van der Waals surface area contributed by atoms with Gasteiger partial charge in [-0.15, -0.1) is 0 Å². The van der Waals surface area contributed by atoms with Crippen LogP contribution >= 0.6 is 0 Å². The van der Waals surface area contributed by atoms with Gasteiger partial charge in [0.25, 0.3) is 0 Å². The first-order chi connectivity index (χ1) is 8.58. The number of methoxy groups -OCH3 is 1. The minimum absolute atomic E-state index is 0.204. The molecule has 0 bridgehead atoms. The largest absolute Gasteiger partial charge is 0.496 e. The third-order valence-corrected chi connectivity index (χ3v) is 3.25. The van der Waals surface area contributed by atoms with E-state index in [2.05, 4.69) is 37.4 Å². The third-order valence-electron chi connectivity index (χ3n) is 3.25. The van der Waals surface area contributed by atoms with Crippen molar-refractivity contribution < 1.29 is 9.84 Å².